The number of carbonyl (C=O) groups is 1. The summed E-state index contributed by atoms with van der Waals surface area (Å²) in [6, 6.07) is 13.5. The zero-order chi connectivity index (χ0) is 14.7. The van der Waals surface area contributed by atoms with Crippen molar-refractivity contribution in [3.8, 4) is 0 Å². The van der Waals surface area contributed by atoms with Crippen LogP contribution in [-0.4, -0.2) is 26.7 Å². The van der Waals surface area contributed by atoms with E-state index in [1.54, 1.807) is 61.0 Å². The van der Waals surface area contributed by atoms with Crippen molar-refractivity contribution in [3.63, 3.8) is 0 Å². The van der Waals surface area contributed by atoms with Gasteiger partial charge in [-0.05, 0) is 48.5 Å². The van der Waals surface area contributed by atoms with Crippen LogP contribution in [0.4, 0.5) is 0 Å². The van der Waals surface area contributed by atoms with Gasteiger partial charge in [0.2, 0.25) is 0 Å². The monoisotopic (exact) mass is 306 g/mol. The number of rotatable bonds is 4. The summed E-state index contributed by atoms with van der Waals surface area (Å²) in [5.74, 6) is -0.105. The van der Waals surface area contributed by atoms with Crippen molar-refractivity contribution in [2.24, 2.45) is 0 Å². The van der Waals surface area contributed by atoms with Crippen LogP contribution in [0.1, 0.15) is 15.9 Å². The molecule has 5 heteroatoms. The third-order valence-electron chi connectivity index (χ3n) is 2.90. The molecule has 0 aromatic heterocycles. The van der Waals surface area contributed by atoms with Crippen LogP contribution in [0.2, 0.25) is 0 Å². The Morgan fingerprint density at radius 2 is 1.00 bits per heavy atom. The van der Waals surface area contributed by atoms with E-state index in [0.29, 0.717) is 20.9 Å². The summed E-state index contributed by atoms with van der Waals surface area (Å²) >= 11 is 0. The topological polar surface area (TPSA) is 51.2 Å². The van der Waals surface area contributed by atoms with E-state index < -0.39 is 21.6 Å². The lowest BCUT2D eigenvalue weighted by molar-refractivity contribution is 0.103. The first kappa shape index (κ1) is 14.8. The first-order valence-corrected chi connectivity index (χ1v) is 9.02. The summed E-state index contributed by atoms with van der Waals surface area (Å²) in [5.41, 5.74) is 1.09. The number of ketones is 1. The van der Waals surface area contributed by atoms with Gasteiger partial charge in [0.15, 0.2) is 5.78 Å². The maximum absolute atomic E-state index is 12.3. The van der Waals surface area contributed by atoms with E-state index in [1.807, 2.05) is 0 Å². The van der Waals surface area contributed by atoms with E-state index in [4.69, 9.17) is 0 Å². The van der Waals surface area contributed by atoms with E-state index in [1.165, 1.54) is 0 Å². The predicted molar refractivity (Wildman–Crippen MR) is 81.0 cm³/mol. The smallest absolute Gasteiger partial charge is 0.193 e. The highest BCUT2D eigenvalue weighted by atomic mass is 32.2. The van der Waals surface area contributed by atoms with Crippen molar-refractivity contribution in [2.75, 3.05) is 12.5 Å². The molecule has 0 spiro atoms. The Morgan fingerprint density at radius 1 is 0.700 bits per heavy atom. The molecule has 2 atom stereocenters. The molecule has 0 N–H and O–H groups in total. The SMILES string of the molecule is CS(=O)c1ccc(C(=O)c2ccc(S(C)=O)cc2)cc1. The Bertz CT molecular complexity index is 614. The second kappa shape index (κ2) is 6.24. The normalized spacial score (nSPS) is 13.7. The minimum absolute atomic E-state index is 0.105. The lowest BCUT2D eigenvalue weighted by Crippen LogP contribution is -2.02. The predicted octanol–water partition coefficient (Wildman–Crippen LogP) is 2.39. The van der Waals surface area contributed by atoms with Gasteiger partial charge in [-0.25, -0.2) is 0 Å². The summed E-state index contributed by atoms with van der Waals surface area (Å²) in [7, 11) is -2.10. The Kier molecular flexibility index (Phi) is 4.62. The van der Waals surface area contributed by atoms with Gasteiger partial charge in [0.05, 0.1) is 0 Å². The number of hydrogen-bond acceptors (Lipinski definition) is 3. The molecule has 104 valence electrons. The molecule has 2 aromatic carbocycles. The van der Waals surface area contributed by atoms with Gasteiger partial charge in [0.1, 0.15) is 0 Å². The van der Waals surface area contributed by atoms with Crippen molar-refractivity contribution in [1.82, 2.24) is 0 Å². The molecule has 0 bridgehead atoms. The average molecular weight is 306 g/mol. The number of carbonyl (C=O) groups excluding carboxylic acids is 1. The molecular weight excluding hydrogens is 292 g/mol. The maximum Gasteiger partial charge on any atom is 0.193 e. The zero-order valence-corrected chi connectivity index (χ0v) is 12.8. The first-order valence-electron chi connectivity index (χ1n) is 5.90. The van der Waals surface area contributed by atoms with Gasteiger partial charge in [-0.15, -0.1) is 0 Å². The minimum Gasteiger partial charge on any atom is -0.289 e. The molecule has 2 rings (SSSR count). The summed E-state index contributed by atoms with van der Waals surface area (Å²) in [6.07, 6.45) is 3.20. The average Bonchev–Trinajstić information content (AvgIpc) is 2.46. The minimum atomic E-state index is -1.05. The summed E-state index contributed by atoms with van der Waals surface area (Å²) < 4.78 is 22.6. The summed E-state index contributed by atoms with van der Waals surface area (Å²) in [4.78, 5) is 13.6. The van der Waals surface area contributed by atoms with Gasteiger partial charge < -0.3 is 0 Å². The van der Waals surface area contributed by atoms with Crippen LogP contribution >= 0.6 is 0 Å². The first-order chi connectivity index (χ1) is 9.49. The molecule has 0 aliphatic carbocycles. The van der Waals surface area contributed by atoms with Crippen LogP contribution in [0.15, 0.2) is 58.3 Å². The molecular formula is C15H14O3S2. The molecule has 3 nitrogen and oxygen atoms in total. The van der Waals surface area contributed by atoms with Gasteiger partial charge in [-0.1, -0.05) is 0 Å². The van der Waals surface area contributed by atoms with E-state index in [9.17, 15) is 13.2 Å². The van der Waals surface area contributed by atoms with Gasteiger partial charge in [-0.3, -0.25) is 13.2 Å². The van der Waals surface area contributed by atoms with Crippen LogP contribution in [-0.2, 0) is 21.6 Å². The van der Waals surface area contributed by atoms with Crippen LogP contribution in [0.5, 0.6) is 0 Å². The molecule has 20 heavy (non-hydrogen) atoms. The lowest BCUT2D eigenvalue weighted by atomic mass is 10.0. The van der Waals surface area contributed by atoms with Crippen LogP contribution in [0.25, 0.3) is 0 Å². The standard InChI is InChI=1S/C15H14O3S2/c1-19(17)13-7-3-11(4-8-13)15(16)12-5-9-14(10-6-12)20(2)18/h3-10H,1-2H3. The Labute approximate surface area is 122 Å². The van der Waals surface area contributed by atoms with E-state index in [-0.39, 0.29) is 5.78 Å². The Morgan fingerprint density at radius 3 is 1.25 bits per heavy atom. The maximum atomic E-state index is 12.3. The molecule has 0 fully saturated rings. The quantitative estimate of drug-likeness (QED) is 0.815. The molecule has 0 aliphatic rings. The lowest BCUT2D eigenvalue weighted by Gasteiger charge is -2.03. The van der Waals surface area contributed by atoms with Gasteiger partial charge in [0, 0.05) is 55.0 Å². The van der Waals surface area contributed by atoms with Crippen LogP contribution in [0.3, 0.4) is 0 Å². The molecule has 0 heterocycles. The molecule has 0 saturated heterocycles. The molecule has 2 unspecified atom stereocenters. The Balaban J connectivity index is 2.26. The second-order valence-corrected chi connectivity index (χ2v) is 7.05. The van der Waals surface area contributed by atoms with Gasteiger partial charge >= 0.3 is 0 Å². The highest BCUT2D eigenvalue weighted by molar-refractivity contribution is 7.84. The highest BCUT2D eigenvalue weighted by Gasteiger charge is 2.10. The molecule has 0 radical (unpaired) electrons. The number of benzene rings is 2. The van der Waals surface area contributed by atoms with Crippen molar-refractivity contribution >= 4 is 27.4 Å². The van der Waals surface area contributed by atoms with Crippen LogP contribution < -0.4 is 0 Å². The molecule has 0 amide bonds. The van der Waals surface area contributed by atoms with E-state index in [2.05, 4.69) is 0 Å². The zero-order valence-electron chi connectivity index (χ0n) is 11.2. The molecule has 2 aromatic rings. The van der Waals surface area contributed by atoms with Crippen molar-refractivity contribution in [2.45, 2.75) is 9.79 Å². The summed E-state index contributed by atoms with van der Waals surface area (Å²) in [5, 5.41) is 0. The third-order valence-corrected chi connectivity index (χ3v) is 4.77. The number of hydrogen-bond donors (Lipinski definition) is 0. The Hall–Kier alpha value is -1.59. The fraction of sp³-hybridized carbons (Fsp3) is 0.133. The van der Waals surface area contributed by atoms with Crippen molar-refractivity contribution in [3.05, 3.63) is 59.7 Å². The third kappa shape index (κ3) is 3.29. The van der Waals surface area contributed by atoms with Gasteiger partial charge in [0.25, 0.3) is 0 Å². The highest BCUT2D eigenvalue weighted by Crippen LogP contribution is 2.14. The van der Waals surface area contributed by atoms with Crippen molar-refractivity contribution in [1.29, 1.82) is 0 Å². The largest absolute Gasteiger partial charge is 0.289 e. The van der Waals surface area contributed by atoms with Gasteiger partial charge in [-0.2, -0.15) is 0 Å². The van der Waals surface area contributed by atoms with E-state index >= 15 is 0 Å². The molecule has 0 saturated carbocycles. The van der Waals surface area contributed by atoms with E-state index in [0.717, 1.165) is 0 Å². The van der Waals surface area contributed by atoms with Crippen molar-refractivity contribution < 1.29 is 13.2 Å². The summed E-state index contributed by atoms with van der Waals surface area (Å²) in [6.45, 7) is 0. The fourth-order valence-electron chi connectivity index (χ4n) is 1.76. The molecule has 0 aliphatic heterocycles. The van der Waals surface area contributed by atoms with Crippen LogP contribution in [0, 0.1) is 0 Å². The fourth-order valence-corrected chi connectivity index (χ4v) is 2.80. The second-order valence-electron chi connectivity index (χ2n) is 4.29.